The number of aliphatic hydroxyl groups excluding tert-OH is 1. The molecule has 1 N–H and O–H groups in total. The van der Waals surface area contributed by atoms with Crippen molar-refractivity contribution in [1.29, 1.82) is 0 Å². The molecule has 1 heterocycles. The molecule has 1 amide bonds. The number of Topliss-reactive ketones (excluding diaryl/α,β-unsaturated/α-hetero) is 1. The molecule has 9 heteroatoms. The molecule has 1 aliphatic rings. The molecule has 1 atom stereocenters. The number of hydrogen-bond donors (Lipinski definition) is 1. The van der Waals surface area contributed by atoms with E-state index in [-0.39, 0.29) is 22.7 Å². The van der Waals surface area contributed by atoms with Gasteiger partial charge in [-0.15, -0.1) is 0 Å². The highest BCUT2D eigenvalue weighted by molar-refractivity contribution is 6.47. The quantitative estimate of drug-likeness (QED) is 0.222. The van der Waals surface area contributed by atoms with Crippen molar-refractivity contribution in [3.63, 3.8) is 0 Å². The number of hydrogen-bond acceptors (Lipinski definition) is 7. The Bertz CT molecular complexity index is 1400. The topological polar surface area (TPSA) is 94.5 Å². The molecule has 1 aliphatic heterocycles. The maximum absolute atomic E-state index is 13.5. The second kappa shape index (κ2) is 11.5. The summed E-state index contributed by atoms with van der Waals surface area (Å²) in [7, 11) is 4.54. The van der Waals surface area contributed by atoms with Crippen LogP contribution in [0.25, 0.3) is 5.76 Å². The smallest absolute Gasteiger partial charge is 0.295 e. The number of para-hydroxylation sites is 1. The first-order valence-corrected chi connectivity index (χ1v) is 12.3. The van der Waals surface area contributed by atoms with Crippen LogP contribution in [0.2, 0.25) is 5.02 Å². The second-order valence-corrected chi connectivity index (χ2v) is 8.84. The summed E-state index contributed by atoms with van der Waals surface area (Å²) in [6.07, 6.45) is 0. The maximum atomic E-state index is 13.5. The Balaban J connectivity index is 1.93. The Morgan fingerprint density at radius 3 is 2.32 bits per heavy atom. The molecule has 3 aromatic carbocycles. The first-order valence-electron chi connectivity index (χ1n) is 11.9. The van der Waals surface area contributed by atoms with Crippen LogP contribution in [-0.2, 0) is 16.1 Å². The Kier molecular flexibility index (Phi) is 8.12. The van der Waals surface area contributed by atoms with Gasteiger partial charge in [0.2, 0.25) is 0 Å². The summed E-state index contributed by atoms with van der Waals surface area (Å²) < 4.78 is 21.9. The number of halogens is 1. The lowest BCUT2D eigenvalue weighted by Gasteiger charge is -2.26. The molecule has 1 unspecified atom stereocenters. The summed E-state index contributed by atoms with van der Waals surface area (Å²) in [5.41, 5.74) is 1.31. The lowest BCUT2D eigenvalue weighted by Crippen LogP contribution is -2.29. The van der Waals surface area contributed by atoms with Crippen LogP contribution in [0.15, 0.2) is 66.2 Å². The van der Waals surface area contributed by atoms with E-state index in [2.05, 4.69) is 0 Å². The van der Waals surface area contributed by atoms with Gasteiger partial charge in [0.05, 0.1) is 51.1 Å². The molecule has 198 valence electrons. The third kappa shape index (κ3) is 4.99. The van der Waals surface area contributed by atoms with Crippen molar-refractivity contribution >= 4 is 29.1 Å². The van der Waals surface area contributed by atoms with Gasteiger partial charge in [-0.25, -0.2) is 0 Å². The molecule has 0 spiro atoms. The van der Waals surface area contributed by atoms with Crippen LogP contribution in [0.3, 0.4) is 0 Å². The number of nitrogens with zero attached hydrogens (tertiary/aromatic N) is 1. The minimum Gasteiger partial charge on any atom is -0.507 e. The normalized spacial score (nSPS) is 16.4. The predicted molar refractivity (Wildman–Crippen MR) is 143 cm³/mol. The van der Waals surface area contributed by atoms with Gasteiger partial charge < -0.3 is 29.0 Å². The highest BCUT2D eigenvalue weighted by Crippen LogP contribution is 2.44. The molecular weight excluding hydrogens is 510 g/mol. The van der Waals surface area contributed by atoms with Crippen molar-refractivity contribution in [2.45, 2.75) is 19.5 Å². The standard InChI is InChI=1S/C29H28ClNO7/c1-5-38-19-11-12-21(30)20(15-19)27(32)25-26(17-10-13-23(36-3)24(14-17)37-4)31(29(34)28(25)33)16-18-8-6-7-9-22(18)35-2/h6-15,26,32H,5,16H2,1-4H3/b27-25+. The number of ether oxygens (including phenoxy) is 4. The summed E-state index contributed by atoms with van der Waals surface area (Å²) in [5, 5.41) is 11.7. The van der Waals surface area contributed by atoms with Gasteiger partial charge in [-0.2, -0.15) is 0 Å². The largest absolute Gasteiger partial charge is 0.507 e. The van der Waals surface area contributed by atoms with Crippen LogP contribution in [-0.4, -0.2) is 49.6 Å². The summed E-state index contributed by atoms with van der Waals surface area (Å²) in [6, 6.07) is 16.1. The van der Waals surface area contributed by atoms with Gasteiger partial charge in [-0.05, 0) is 48.9 Å². The Morgan fingerprint density at radius 2 is 1.63 bits per heavy atom. The van der Waals surface area contributed by atoms with E-state index >= 15 is 0 Å². The van der Waals surface area contributed by atoms with E-state index in [4.69, 9.17) is 30.5 Å². The zero-order valence-electron chi connectivity index (χ0n) is 21.5. The fourth-order valence-corrected chi connectivity index (χ4v) is 4.72. The third-order valence-electron chi connectivity index (χ3n) is 6.30. The molecule has 0 bridgehead atoms. The molecule has 1 saturated heterocycles. The highest BCUT2D eigenvalue weighted by Gasteiger charge is 2.46. The minimum absolute atomic E-state index is 0.0527. The number of carbonyl (C=O) groups is 2. The number of carbonyl (C=O) groups excluding carboxylic acids is 2. The van der Waals surface area contributed by atoms with E-state index in [0.29, 0.717) is 40.7 Å². The van der Waals surface area contributed by atoms with E-state index in [1.54, 1.807) is 42.5 Å². The van der Waals surface area contributed by atoms with Crippen LogP contribution < -0.4 is 18.9 Å². The van der Waals surface area contributed by atoms with Gasteiger partial charge in [0, 0.05) is 11.1 Å². The molecule has 0 radical (unpaired) electrons. The lowest BCUT2D eigenvalue weighted by molar-refractivity contribution is -0.140. The van der Waals surface area contributed by atoms with Crippen molar-refractivity contribution in [2.24, 2.45) is 0 Å². The fourth-order valence-electron chi connectivity index (χ4n) is 4.52. The Morgan fingerprint density at radius 1 is 0.921 bits per heavy atom. The number of ketones is 1. The van der Waals surface area contributed by atoms with Crippen molar-refractivity contribution in [2.75, 3.05) is 27.9 Å². The van der Waals surface area contributed by atoms with Crippen molar-refractivity contribution < 1.29 is 33.6 Å². The summed E-state index contributed by atoms with van der Waals surface area (Å²) in [4.78, 5) is 28.3. The second-order valence-electron chi connectivity index (χ2n) is 8.43. The van der Waals surface area contributed by atoms with E-state index < -0.39 is 23.5 Å². The van der Waals surface area contributed by atoms with E-state index in [0.717, 1.165) is 0 Å². The number of amides is 1. The summed E-state index contributed by atoms with van der Waals surface area (Å²) in [6.45, 7) is 2.28. The first kappa shape index (κ1) is 26.9. The molecule has 0 saturated carbocycles. The van der Waals surface area contributed by atoms with Crippen molar-refractivity contribution in [3.05, 3.63) is 87.9 Å². The lowest BCUT2D eigenvalue weighted by atomic mass is 9.94. The third-order valence-corrected chi connectivity index (χ3v) is 6.63. The zero-order valence-corrected chi connectivity index (χ0v) is 22.2. The minimum atomic E-state index is -0.952. The van der Waals surface area contributed by atoms with Gasteiger partial charge in [0.25, 0.3) is 11.7 Å². The molecule has 8 nitrogen and oxygen atoms in total. The molecular formula is C29H28ClNO7. The maximum Gasteiger partial charge on any atom is 0.295 e. The predicted octanol–water partition coefficient (Wildman–Crippen LogP) is 5.39. The van der Waals surface area contributed by atoms with Gasteiger partial charge >= 0.3 is 0 Å². The number of methoxy groups -OCH3 is 3. The van der Waals surface area contributed by atoms with Crippen LogP contribution in [0.4, 0.5) is 0 Å². The van der Waals surface area contributed by atoms with Gasteiger partial charge in [0.1, 0.15) is 17.3 Å². The van der Waals surface area contributed by atoms with Gasteiger partial charge in [0.15, 0.2) is 11.5 Å². The van der Waals surface area contributed by atoms with Crippen LogP contribution in [0.5, 0.6) is 23.0 Å². The molecule has 0 aromatic heterocycles. The highest BCUT2D eigenvalue weighted by atomic mass is 35.5. The number of likely N-dealkylation sites (tertiary alicyclic amines) is 1. The average Bonchev–Trinajstić information content (AvgIpc) is 3.18. The summed E-state index contributed by atoms with van der Waals surface area (Å²) >= 11 is 6.43. The molecule has 3 aromatic rings. The van der Waals surface area contributed by atoms with Crippen LogP contribution in [0, 0.1) is 0 Å². The van der Waals surface area contributed by atoms with E-state index in [9.17, 15) is 14.7 Å². The Hall–Kier alpha value is -4.17. The van der Waals surface area contributed by atoms with Gasteiger partial charge in [-0.1, -0.05) is 35.9 Å². The molecule has 0 aliphatic carbocycles. The molecule has 1 fully saturated rings. The first-order chi connectivity index (χ1) is 18.3. The van der Waals surface area contributed by atoms with Crippen molar-refractivity contribution in [3.8, 4) is 23.0 Å². The fraction of sp³-hybridized carbons (Fsp3) is 0.241. The van der Waals surface area contributed by atoms with Crippen molar-refractivity contribution in [1.82, 2.24) is 4.90 Å². The Labute approximate surface area is 225 Å². The van der Waals surface area contributed by atoms with E-state index in [1.165, 1.54) is 26.2 Å². The molecule has 4 rings (SSSR count). The van der Waals surface area contributed by atoms with Gasteiger partial charge in [-0.3, -0.25) is 9.59 Å². The molecule has 38 heavy (non-hydrogen) atoms. The summed E-state index contributed by atoms with van der Waals surface area (Å²) in [5.74, 6) is -0.103. The van der Waals surface area contributed by atoms with E-state index in [1.807, 2.05) is 25.1 Å². The van der Waals surface area contributed by atoms with Crippen LogP contribution in [0.1, 0.15) is 29.7 Å². The number of rotatable bonds is 9. The van der Waals surface area contributed by atoms with Crippen LogP contribution >= 0.6 is 11.6 Å². The monoisotopic (exact) mass is 537 g/mol. The average molecular weight is 538 g/mol. The number of aliphatic hydroxyl groups is 1. The zero-order chi connectivity index (χ0) is 27.4. The SMILES string of the molecule is CCOc1ccc(Cl)c(/C(O)=C2\C(=O)C(=O)N(Cc3ccccc3OC)C2c2ccc(OC)c(OC)c2)c1. The number of benzene rings is 3.